The zero-order valence-corrected chi connectivity index (χ0v) is 9.98. The van der Waals surface area contributed by atoms with Gasteiger partial charge in [0, 0.05) is 6.04 Å². The third-order valence-electron chi connectivity index (χ3n) is 3.25. The molecule has 2 rings (SSSR count). The van der Waals surface area contributed by atoms with Gasteiger partial charge in [-0.2, -0.15) is 0 Å². The number of hydrogen-bond donors (Lipinski definition) is 1. The molecule has 0 aliphatic heterocycles. The molecule has 0 radical (unpaired) electrons. The van der Waals surface area contributed by atoms with Crippen LogP contribution in [0.3, 0.4) is 0 Å². The fourth-order valence-corrected chi connectivity index (χ4v) is 2.25. The minimum absolute atomic E-state index is 0.0894. The second-order valence-electron chi connectivity index (χ2n) is 4.32. The molecule has 1 aromatic rings. The van der Waals surface area contributed by atoms with Gasteiger partial charge in [0.2, 0.25) is 5.91 Å². The number of hydrogen-bond acceptors (Lipinski definition) is 2. The smallest absolute Gasteiger partial charge is 0.243 e. The van der Waals surface area contributed by atoms with Crippen LogP contribution in [0.15, 0.2) is 36.9 Å². The number of nitrogens with one attached hydrogen (secondary N) is 1. The number of benzene rings is 1. The third kappa shape index (κ3) is 2.49. The third-order valence-corrected chi connectivity index (χ3v) is 3.25. The van der Waals surface area contributed by atoms with E-state index in [1.165, 1.54) is 11.6 Å². The molecule has 1 aromatic carbocycles. The van der Waals surface area contributed by atoms with Crippen molar-refractivity contribution in [2.24, 2.45) is 0 Å². The highest BCUT2D eigenvalue weighted by atomic mass is 16.5. The van der Waals surface area contributed by atoms with E-state index in [0.29, 0.717) is 5.92 Å². The molecule has 1 aliphatic rings. The number of para-hydroxylation sites is 1. The molecule has 90 valence electrons. The van der Waals surface area contributed by atoms with Crippen LogP contribution in [0.1, 0.15) is 24.3 Å². The Morgan fingerprint density at radius 1 is 1.47 bits per heavy atom. The van der Waals surface area contributed by atoms with E-state index in [1.807, 2.05) is 18.2 Å². The first-order valence-electron chi connectivity index (χ1n) is 5.80. The SMILES string of the molecule is C=CC(=O)NC1CC(c2ccccc2OC)C1. The van der Waals surface area contributed by atoms with Crippen molar-refractivity contribution in [3.05, 3.63) is 42.5 Å². The van der Waals surface area contributed by atoms with Crippen LogP contribution >= 0.6 is 0 Å². The first-order chi connectivity index (χ1) is 8.24. The second kappa shape index (κ2) is 5.04. The molecular weight excluding hydrogens is 214 g/mol. The highest BCUT2D eigenvalue weighted by Crippen LogP contribution is 2.40. The molecule has 17 heavy (non-hydrogen) atoms. The summed E-state index contributed by atoms with van der Waals surface area (Å²) in [5.74, 6) is 1.33. The molecule has 1 amide bonds. The van der Waals surface area contributed by atoms with Crippen LogP contribution in [-0.4, -0.2) is 19.1 Å². The van der Waals surface area contributed by atoms with Crippen molar-refractivity contribution < 1.29 is 9.53 Å². The van der Waals surface area contributed by atoms with E-state index in [-0.39, 0.29) is 11.9 Å². The quantitative estimate of drug-likeness (QED) is 0.807. The van der Waals surface area contributed by atoms with Gasteiger partial charge in [-0.1, -0.05) is 24.8 Å². The Morgan fingerprint density at radius 2 is 2.18 bits per heavy atom. The van der Waals surface area contributed by atoms with E-state index in [0.717, 1.165) is 18.6 Å². The number of carbonyl (C=O) groups is 1. The van der Waals surface area contributed by atoms with Gasteiger partial charge in [-0.3, -0.25) is 4.79 Å². The standard InChI is InChI=1S/C14H17NO2/c1-3-14(16)15-11-8-10(9-11)12-6-4-5-7-13(12)17-2/h3-7,10-11H,1,8-9H2,2H3,(H,15,16). The molecule has 0 saturated heterocycles. The van der Waals surface area contributed by atoms with E-state index >= 15 is 0 Å². The molecule has 0 atom stereocenters. The summed E-state index contributed by atoms with van der Waals surface area (Å²) in [6.07, 6.45) is 3.26. The summed E-state index contributed by atoms with van der Waals surface area (Å²) < 4.78 is 5.34. The average molecular weight is 231 g/mol. The van der Waals surface area contributed by atoms with Crippen molar-refractivity contribution in [3.63, 3.8) is 0 Å². The van der Waals surface area contributed by atoms with Gasteiger partial charge < -0.3 is 10.1 Å². The molecule has 0 unspecified atom stereocenters. The number of rotatable bonds is 4. The zero-order valence-electron chi connectivity index (χ0n) is 9.98. The monoisotopic (exact) mass is 231 g/mol. The van der Waals surface area contributed by atoms with E-state index < -0.39 is 0 Å². The molecule has 0 spiro atoms. The van der Waals surface area contributed by atoms with Gasteiger partial charge in [-0.15, -0.1) is 0 Å². The van der Waals surface area contributed by atoms with Crippen molar-refractivity contribution in [2.75, 3.05) is 7.11 Å². The first kappa shape index (κ1) is 11.7. The average Bonchev–Trinajstić information content (AvgIpc) is 2.33. The topological polar surface area (TPSA) is 38.3 Å². The van der Waals surface area contributed by atoms with Crippen molar-refractivity contribution in [2.45, 2.75) is 24.8 Å². The molecule has 0 aromatic heterocycles. The maximum atomic E-state index is 11.1. The van der Waals surface area contributed by atoms with Crippen molar-refractivity contribution in [1.82, 2.24) is 5.32 Å². The van der Waals surface area contributed by atoms with Crippen molar-refractivity contribution in [1.29, 1.82) is 0 Å². The Morgan fingerprint density at radius 3 is 2.82 bits per heavy atom. The first-order valence-corrected chi connectivity index (χ1v) is 5.80. The number of amides is 1. The molecule has 1 saturated carbocycles. The van der Waals surface area contributed by atoms with Crippen LogP contribution in [0.25, 0.3) is 0 Å². The largest absolute Gasteiger partial charge is 0.496 e. The minimum atomic E-state index is -0.0894. The number of carbonyl (C=O) groups excluding carboxylic acids is 1. The Kier molecular flexibility index (Phi) is 3.47. The lowest BCUT2D eigenvalue weighted by molar-refractivity contribution is -0.117. The predicted molar refractivity (Wildman–Crippen MR) is 67.1 cm³/mol. The van der Waals surface area contributed by atoms with Gasteiger partial charge in [0.15, 0.2) is 0 Å². The van der Waals surface area contributed by atoms with Crippen molar-refractivity contribution in [3.8, 4) is 5.75 Å². The molecule has 1 N–H and O–H groups in total. The Balaban J connectivity index is 1.95. The number of ether oxygens (including phenoxy) is 1. The molecule has 1 aliphatic carbocycles. The molecule has 0 heterocycles. The summed E-state index contributed by atoms with van der Waals surface area (Å²) in [7, 11) is 1.69. The summed E-state index contributed by atoms with van der Waals surface area (Å²) in [5.41, 5.74) is 1.24. The summed E-state index contributed by atoms with van der Waals surface area (Å²) >= 11 is 0. The van der Waals surface area contributed by atoms with Gasteiger partial charge in [-0.25, -0.2) is 0 Å². The van der Waals surface area contributed by atoms with E-state index in [1.54, 1.807) is 7.11 Å². The van der Waals surface area contributed by atoms with Crippen LogP contribution in [0, 0.1) is 0 Å². The van der Waals surface area contributed by atoms with Gasteiger partial charge in [0.05, 0.1) is 7.11 Å². The van der Waals surface area contributed by atoms with Crippen LogP contribution < -0.4 is 10.1 Å². The van der Waals surface area contributed by atoms with E-state index in [4.69, 9.17) is 4.74 Å². The second-order valence-corrected chi connectivity index (χ2v) is 4.32. The summed E-state index contributed by atoms with van der Waals surface area (Å²) in [6.45, 7) is 3.44. The predicted octanol–water partition coefficient (Wildman–Crippen LogP) is 2.24. The molecule has 0 bridgehead atoms. The van der Waals surface area contributed by atoms with Crippen LogP contribution in [0.5, 0.6) is 5.75 Å². The van der Waals surface area contributed by atoms with E-state index in [9.17, 15) is 4.79 Å². The number of methoxy groups -OCH3 is 1. The Labute approximate surface area is 101 Å². The summed E-state index contributed by atoms with van der Waals surface area (Å²) in [5, 5.41) is 2.91. The fraction of sp³-hybridized carbons (Fsp3) is 0.357. The van der Waals surface area contributed by atoms with Gasteiger partial charge in [-0.05, 0) is 36.5 Å². The summed E-state index contributed by atoms with van der Waals surface area (Å²) in [4.78, 5) is 11.1. The fourth-order valence-electron chi connectivity index (χ4n) is 2.25. The normalized spacial score (nSPS) is 22.4. The lowest BCUT2D eigenvalue weighted by Crippen LogP contribution is -2.42. The molecule has 1 fully saturated rings. The van der Waals surface area contributed by atoms with Crippen LogP contribution in [0.4, 0.5) is 0 Å². The van der Waals surface area contributed by atoms with Crippen LogP contribution in [0.2, 0.25) is 0 Å². The highest BCUT2D eigenvalue weighted by molar-refractivity contribution is 5.87. The maximum Gasteiger partial charge on any atom is 0.243 e. The molecule has 3 heteroatoms. The van der Waals surface area contributed by atoms with E-state index in [2.05, 4.69) is 18.0 Å². The molecule has 3 nitrogen and oxygen atoms in total. The van der Waals surface area contributed by atoms with Gasteiger partial charge >= 0.3 is 0 Å². The van der Waals surface area contributed by atoms with Gasteiger partial charge in [0.1, 0.15) is 5.75 Å². The molecular formula is C14H17NO2. The summed E-state index contributed by atoms with van der Waals surface area (Å²) in [6, 6.07) is 8.33. The lowest BCUT2D eigenvalue weighted by Gasteiger charge is -2.36. The zero-order chi connectivity index (χ0) is 12.3. The lowest BCUT2D eigenvalue weighted by atomic mass is 9.75. The van der Waals surface area contributed by atoms with Crippen LogP contribution in [-0.2, 0) is 4.79 Å². The Bertz CT molecular complexity index is 422. The maximum absolute atomic E-state index is 11.1. The minimum Gasteiger partial charge on any atom is -0.496 e. The van der Waals surface area contributed by atoms with Crippen molar-refractivity contribution >= 4 is 5.91 Å². The Hall–Kier alpha value is -1.77. The van der Waals surface area contributed by atoms with Gasteiger partial charge in [0.25, 0.3) is 0 Å². The highest BCUT2D eigenvalue weighted by Gasteiger charge is 2.32.